The summed E-state index contributed by atoms with van der Waals surface area (Å²) in [5.41, 5.74) is 4.59. The van der Waals surface area contributed by atoms with Gasteiger partial charge in [0.15, 0.2) is 11.4 Å². The second kappa shape index (κ2) is 19.1. The second-order valence-corrected chi connectivity index (χ2v) is 17.1. The number of Topliss-reactive ketones (excluding diaryl/α,β-unsaturated/α-hetero) is 2. The molecule has 0 saturated carbocycles. The van der Waals surface area contributed by atoms with E-state index in [2.05, 4.69) is 31.7 Å². The number of carbonyl (C=O) groups excluding carboxylic acids is 3. The van der Waals surface area contributed by atoms with Crippen LogP contribution in [-0.4, -0.2) is 75.0 Å². The average Bonchev–Trinajstić information content (AvgIpc) is 3.18. The van der Waals surface area contributed by atoms with Gasteiger partial charge in [-0.1, -0.05) is 24.3 Å². The Balaban J connectivity index is 0.00000363. The zero-order chi connectivity index (χ0) is 43.1. The minimum absolute atomic E-state index is 0. The molecule has 24 heteroatoms. The van der Waals surface area contributed by atoms with Crippen LogP contribution in [0, 0.1) is 0 Å². The minimum Gasteiger partial charge on any atom is -0.495 e. The molecule has 0 radical (unpaired) electrons. The molecular formula is C38H28KN6NaO13S3+2. The molecule has 0 saturated heterocycles. The van der Waals surface area contributed by atoms with Gasteiger partial charge in [-0.05, 0) is 107 Å². The molecule has 0 spiro atoms. The van der Waals surface area contributed by atoms with Gasteiger partial charge in [-0.2, -0.15) is 35.5 Å². The summed E-state index contributed by atoms with van der Waals surface area (Å²) in [6.45, 7) is 0. The van der Waals surface area contributed by atoms with E-state index in [1.54, 1.807) is 24.3 Å². The van der Waals surface area contributed by atoms with E-state index in [1.807, 2.05) is 0 Å². The molecule has 0 bridgehead atoms. The van der Waals surface area contributed by atoms with E-state index in [0.29, 0.717) is 22.2 Å². The first-order chi connectivity index (χ1) is 28.3. The maximum atomic E-state index is 13.5. The maximum Gasteiger partial charge on any atom is 1.00 e. The predicted octanol–water partition coefficient (Wildman–Crippen LogP) is -0.467. The minimum atomic E-state index is -5.04. The van der Waals surface area contributed by atoms with Crippen molar-refractivity contribution in [1.82, 2.24) is 0 Å². The van der Waals surface area contributed by atoms with Crippen LogP contribution in [0.1, 0.15) is 31.8 Å². The number of carbonyl (C=O) groups is 3. The summed E-state index contributed by atoms with van der Waals surface area (Å²) in [4.78, 5) is 38.0. The van der Waals surface area contributed by atoms with E-state index in [0.717, 1.165) is 12.2 Å². The van der Waals surface area contributed by atoms with Crippen molar-refractivity contribution in [1.29, 1.82) is 0 Å². The van der Waals surface area contributed by atoms with Crippen molar-refractivity contribution >= 4 is 105 Å². The summed E-state index contributed by atoms with van der Waals surface area (Å²) in [5.74, 6) is -1.40. The second-order valence-electron chi connectivity index (χ2n) is 12.9. The number of anilines is 4. The summed E-state index contributed by atoms with van der Waals surface area (Å²) in [7, 11) is -13.1. The Hall–Kier alpha value is -4.44. The average molecular weight is 935 g/mol. The number of allylic oxidation sites excluding steroid dienone is 2. The predicted molar refractivity (Wildman–Crippen MR) is 222 cm³/mol. The van der Waals surface area contributed by atoms with Crippen LogP contribution in [0.3, 0.4) is 0 Å². The zero-order valence-corrected chi connectivity index (χ0v) is 40.0. The first kappa shape index (κ1) is 48.6. The number of benzene rings is 5. The number of hydrogen-bond donors (Lipinski definition) is 7. The Labute approximate surface area is 417 Å². The van der Waals surface area contributed by atoms with Gasteiger partial charge in [-0.3, -0.25) is 34.1 Å². The number of ketones is 2. The summed E-state index contributed by atoms with van der Waals surface area (Å²) in [6, 6.07) is 21.8. The van der Waals surface area contributed by atoms with Gasteiger partial charge in [-0.25, -0.2) is 4.79 Å². The number of urea groups is 1. The van der Waals surface area contributed by atoms with Crippen LogP contribution in [-0.2, 0) is 30.4 Å². The third-order valence-electron chi connectivity index (χ3n) is 8.94. The van der Waals surface area contributed by atoms with Crippen LogP contribution in [0.4, 0.5) is 27.5 Å². The molecule has 306 valence electrons. The van der Waals surface area contributed by atoms with Gasteiger partial charge >= 0.3 is 87.0 Å². The van der Waals surface area contributed by atoms with E-state index in [4.69, 9.17) is 4.74 Å². The van der Waals surface area contributed by atoms with Crippen LogP contribution in [0.2, 0.25) is 0 Å². The molecule has 7 rings (SSSR count). The number of fused-ring (bicyclic) bond motifs is 3. The van der Waals surface area contributed by atoms with Crippen molar-refractivity contribution in [3.63, 3.8) is 0 Å². The Bertz CT molecular complexity index is 3190. The zero-order valence-electron chi connectivity index (χ0n) is 32.4. The smallest absolute Gasteiger partial charge is 0.495 e. The van der Waals surface area contributed by atoms with Gasteiger partial charge in [0.25, 0.3) is 30.4 Å². The molecule has 0 aliphatic heterocycles. The number of ether oxygens (including phenoxy) is 1. The number of nitrogens with one attached hydrogen (secondary N) is 4. The number of para-hydroxylation sites is 2. The van der Waals surface area contributed by atoms with Crippen molar-refractivity contribution in [3.8, 4) is 5.75 Å². The third kappa shape index (κ3) is 10.7. The first-order valence-electron chi connectivity index (χ1n) is 17.0. The molecule has 7 N–H and O–H groups in total. The van der Waals surface area contributed by atoms with Gasteiger partial charge in [0.2, 0.25) is 11.6 Å². The standard InChI is InChI=1S/C38H28N6O13S3.K.Na/c1-57-31-5-3-2-4-30(31)42-44-35-33(60(54,55)56)19-23-16-25(10-13-29(23)37(35)46)40-38(47)39-24-9-12-28-22(15-24)18-32(59(51,52)53)34(36(28)45)43-41-26-8-6-21-17-27(58(48,49)50)11-7-20(21)14-26;;/h2-19,41-42H,1H3,(H2,39,40,47)(H,48,49,50)(H,51,52,53)(H,54,55,56);;/q;2*+1/b43-34+,44-35+;;. The molecule has 62 heavy (non-hydrogen) atoms. The Morgan fingerprint density at radius 2 is 1.08 bits per heavy atom. The van der Waals surface area contributed by atoms with Gasteiger partial charge in [-0.15, -0.1) is 0 Å². The molecule has 5 aromatic rings. The number of amides is 2. The summed E-state index contributed by atoms with van der Waals surface area (Å²) in [5, 5.41) is 13.9. The maximum absolute atomic E-state index is 13.5. The molecule has 0 fully saturated rings. The summed E-state index contributed by atoms with van der Waals surface area (Å²) in [6.07, 6.45) is 1.99. The topological polar surface area (TPSA) is 296 Å². The van der Waals surface area contributed by atoms with Crippen LogP contribution in [0.5, 0.6) is 5.75 Å². The molecular weight excluding hydrogens is 907 g/mol. The van der Waals surface area contributed by atoms with Crippen LogP contribution < -0.4 is 107 Å². The molecule has 5 aromatic carbocycles. The summed E-state index contributed by atoms with van der Waals surface area (Å²) < 4.78 is 107. The number of rotatable bonds is 10. The van der Waals surface area contributed by atoms with Crippen LogP contribution >= 0.6 is 0 Å². The Kier molecular flexibility index (Phi) is 15.0. The molecule has 2 amide bonds. The molecule has 0 atom stereocenters. The van der Waals surface area contributed by atoms with Crippen molar-refractivity contribution < 1.29 is 139 Å². The molecule has 2 aliphatic rings. The van der Waals surface area contributed by atoms with Crippen LogP contribution in [0.15, 0.2) is 122 Å². The van der Waals surface area contributed by atoms with E-state index in [-0.39, 0.29) is 125 Å². The van der Waals surface area contributed by atoms with Gasteiger partial charge < -0.3 is 15.4 Å². The Morgan fingerprint density at radius 3 is 1.60 bits per heavy atom. The number of hydrazone groups is 2. The fraction of sp³-hybridized carbons (Fsp3) is 0.0263. The monoisotopic (exact) mass is 934 g/mol. The van der Waals surface area contributed by atoms with E-state index < -0.39 is 69.2 Å². The largest absolute Gasteiger partial charge is 1.00 e. The van der Waals surface area contributed by atoms with Gasteiger partial charge in [0, 0.05) is 22.5 Å². The van der Waals surface area contributed by atoms with Crippen molar-refractivity contribution in [2.75, 3.05) is 28.6 Å². The molecule has 0 heterocycles. The number of methoxy groups -OCH3 is 1. The van der Waals surface area contributed by atoms with Gasteiger partial charge in [0.05, 0.1) is 23.4 Å². The number of nitrogens with zero attached hydrogens (tertiary/aromatic N) is 2. The van der Waals surface area contributed by atoms with Crippen LogP contribution in [0.25, 0.3) is 22.9 Å². The molecule has 2 aliphatic carbocycles. The quantitative estimate of drug-likeness (QED) is 0.0530. The van der Waals surface area contributed by atoms with Gasteiger partial charge in [0.1, 0.15) is 15.6 Å². The molecule has 19 nitrogen and oxygen atoms in total. The van der Waals surface area contributed by atoms with E-state index in [9.17, 15) is 53.3 Å². The number of hydrogen-bond acceptors (Lipinski definition) is 14. The molecule has 0 aromatic heterocycles. The molecule has 0 unspecified atom stereocenters. The fourth-order valence-electron chi connectivity index (χ4n) is 6.16. The van der Waals surface area contributed by atoms with Crippen molar-refractivity contribution in [2.24, 2.45) is 10.2 Å². The normalized spacial score (nSPS) is 15.0. The van der Waals surface area contributed by atoms with E-state index >= 15 is 0 Å². The SMILES string of the molecule is COc1ccccc1N/N=C1/C(=O)c2ccc(NC(=O)Nc3ccc4c(c3)C=C(S(=O)(=O)O)/C(=N\Nc3ccc5cc(S(=O)(=O)O)ccc5c3)C4=O)cc2C=C1S(=O)(=O)O.[K+].[Na+]. The van der Waals surface area contributed by atoms with Crippen molar-refractivity contribution in [2.45, 2.75) is 4.90 Å². The first-order valence-corrected chi connectivity index (χ1v) is 21.3. The summed E-state index contributed by atoms with van der Waals surface area (Å²) >= 11 is 0. The Morgan fingerprint density at radius 1 is 0.597 bits per heavy atom. The fourth-order valence-corrected chi connectivity index (χ4v) is 7.99. The van der Waals surface area contributed by atoms with Crippen molar-refractivity contribution in [3.05, 3.63) is 129 Å². The van der Waals surface area contributed by atoms with E-state index in [1.165, 1.54) is 79.9 Å². The third-order valence-corrected chi connectivity index (χ3v) is 11.5.